The van der Waals surface area contributed by atoms with E-state index < -0.39 is 169 Å². The van der Waals surface area contributed by atoms with Crippen LogP contribution in [0.25, 0.3) is 0 Å². The molecule has 89 heavy (non-hydrogen) atoms. The van der Waals surface area contributed by atoms with Crippen LogP contribution in [0.4, 0.5) is 0 Å². The van der Waals surface area contributed by atoms with Crippen LogP contribution in [0.5, 0.6) is 0 Å². The summed E-state index contributed by atoms with van der Waals surface area (Å²) in [6.07, 6.45) is 1.45. The summed E-state index contributed by atoms with van der Waals surface area (Å²) in [6.45, 7) is 5.06. The Labute approximate surface area is 517 Å². The molecule has 0 bridgehead atoms. The van der Waals surface area contributed by atoms with Crippen molar-refractivity contribution in [1.29, 1.82) is 0 Å². The number of carbonyl (C=O) groups is 13. The van der Waals surface area contributed by atoms with Crippen molar-refractivity contribution in [3.05, 3.63) is 0 Å². The van der Waals surface area contributed by atoms with Crippen molar-refractivity contribution >= 4 is 82.9 Å². The Hall–Kier alpha value is -7.86. The van der Waals surface area contributed by atoms with Gasteiger partial charge in [0.1, 0.15) is 67.0 Å². The summed E-state index contributed by atoms with van der Waals surface area (Å²) in [4.78, 5) is 183. The molecule has 0 spiro atoms. The normalized spacial score (nSPS) is 15.8. The van der Waals surface area contributed by atoms with Gasteiger partial charge in [0.25, 0.3) is 0 Å². The lowest BCUT2D eigenvalue weighted by Gasteiger charge is -2.30. The number of rotatable bonds is 47. The van der Waals surface area contributed by atoms with Gasteiger partial charge in [0.05, 0.1) is 6.42 Å². The maximum Gasteiger partial charge on any atom is 0.305 e. The average molecular weight is 1270 g/mol. The van der Waals surface area contributed by atoms with E-state index in [0.717, 1.165) is 0 Å². The van der Waals surface area contributed by atoms with Gasteiger partial charge >= 0.3 is 11.9 Å². The number of carbonyl (C=O) groups excluding carboxylic acids is 11. The largest absolute Gasteiger partial charge is 0.481 e. The SMILES string of the molecule is CC(C)[C@H](NC(=O)[C@H](CCCCN)NC(=O)[C@H](CCCN=C(N)N)NC(=O)[C@H](CCCCN)NC(=O)[C@H](CCCCN)NC(=O)[C@H](CCCCN)NC(=O)[C@@H]1CCCN1C(=O)[C@H](C)NC(=O)CON)C(=O)N[C@H](CCC(=O)O)C(=O)N[C@@H](CC(=O)O)C(N)=O. The summed E-state index contributed by atoms with van der Waals surface area (Å²) >= 11 is 0. The van der Waals surface area contributed by atoms with Crippen LogP contribution in [-0.4, -0.2) is 204 Å². The maximum atomic E-state index is 14.5. The molecular formula is C54H99N19O16. The zero-order valence-electron chi connectivity index (χ0n) is 51.4. The molecule has 0 radical (unpaired) electrons. The molecule has 0 aliphatic carbocycles. The standard InChI is InChI=1S/C54H99N19O16/c1-30(2)43(52(87)70-37(20-21-41(75)76)49(84)71-38(44(59)79)28-42(77)78)72-50(85)35(17-7-11-25-58)67-48(83)36(18-12-26-63-54(60)61)68-46(81)33(15-5-9-23-56)65-45(80)32(14-4-8-22-55)66-47(82)34(16-6-10-24-57)69-51(86)39-19-13-27-73(39)53(88)31(3)64-40(74)29-89-62/h30-39,43H,4-29,55-58,62H2,1-3H3,(H2,59,79)(H,64,74)(H,65,80)(H,66,82)(H,67,83)(H,68,81)(H,69,86)(H,70,87)(H,71,84)(H,72,85)(H,75,76)(H,77,78)(H4,60,61,63)/t31-,32-,33-,34-,35-,36-,37+,38-,39-,43-/m0/s1. The first-order chi connectivity index (χ1) is 42.1. The number of carboxylic acid groups (broad SMARTS) is 2. The van der Waals surface area contributed by atoms with E-state index in [-0.39, 0.29) is 96.6 Å². The highest BCUT2D eigenvalue weighted by molar-refractivity contribution is 5.99. The number of amides is 11. The Morgan fingerprint density at radius 1 is 0.506 bits per heavy atom. The molecule has 1 aliphatic heterocycles. The average Bonchev–Trinajstić information content (AvgIpc) is 4.17. The highest BCUT2D eigenvalue weighted by Gasteiger charge is 2.40. The highest BCUT2D eigenvalue weighted by atomic mass is 16.6. The summed E-state index contributed by atoms with van der Waals surface area (Å²) in [6, 6.07) is -13.7. The van der Waals surface area contributed by atoms with Crippen LogP contribution in [0.2, 0.25) is 0 Å². The molecule has 1 fully saturated rings. The minimum atomic E-state index is -1.73. The topological polar surface area (TPSA) is 604 Å². The van der Waals surface area contributed by atoms with Crippen LogP contribution in [-0.2, 0) is 67.2 Å². The fourth-order valence-electron chi connectivity index (χ4n) is 9.40. The molecular weight excluding hydrogens is 1170 g/mol. The zero-order valence-corrected chi connectivity index (χ0v) is 51.4. The first-order valence-corrected chi connectivity index (χ1v) is 30.1. The van der Waals surface area contributed by atoms with Crippen molar-refractivity contribution in [1.82, 2.24) is 52.8 Å². The van der Waals surface area contributed by atoms with Gasteiger partial charge in [-0.2, -0.15) is 0 Å². The Kier molecular flexibility index (Phi) is 38.9. The quantitative estimate of drug-likeness (QED) is 0.0117. The minimum Gasteiger partial charge on any atom is -0.481 e. The van der Waals surface area contributed by atoms with Crippen LogP contribution < -0.4 is 93.9 Å². The van der Waals surface area contributed by atoms with Gasteiger partial charge in [0.2, 0.25) is 65.0 Å². The van der Waals surface area contributed by atoms with E-state index in [1.807, 2.05) is 0 Å². The van der Waals surface area contributed by atoms with Crippen molar-refractivity contribution in [2.75, 3.05) is 45.9 Å². The highest BCUT2D eigenvalue weighted by Crippen LogP contribution is 2.20. The van der Waals surface area contributed by atoms with E-state index in [1.54, 1.807) is 0 Å². The van der Waals surface area contributed by atoms with Crippen LogP contribution >= 0.6 is 0 Å². The molecule has 0 saturated carbocycles. The van der Waals surface area contributed by atoms with Crippen molar-refractivity contribution in [2.24, 2.45) is 56.9 Å². The van der Waals surface area contributed by atoms with Crippen molar-refractivity contribution in [3.8, 4) is 0 Å². The number of nitrogens with one attached hydrogen (secondary N) is 9. The molecule has 1 rings (SSSR count). The molecule has 1 saturated heterocycles. The predicted molar refractivity (Wildman–Crippen MR) is 323 cm³/mol. The van der Waals surface area contributed by atoms with Crippen molar-refractivity contribution in [3.63, 3.8) is 0 Å². The summed E-state index contributed by atoms with van der Waals surface area (Å²) in [7, 11) is 0. The number of nitrogens with zero attached hydrogens (tertiary/aromatic N) is 2. The second-order valence-corrected chi connectivity index (χ2v) is 22.0. The number of carboxylic acids is 2. The fraction of sp³-hybridized carbons (Fsp3) is 0.741. The van der Waals surface area contributed by atoms with Gasteiger partial charge in [0.15, 0.2) is 5.96 Å². The molecule has 0 aromatic rings. The van der Waals surface area contributed by atoms with Crippen LogP contribution in [0.3, 0.4) is 0 Å². The van der Waals surface area contributed by atoms with Gasteiger partial charge in [-0.15, -0.1) is 0 Å². The molecule has 35 heteroatoms. The number of hydrogen-bond acceptors (Lipinski definition) is 20. The molecule has 11 amide bonds. The Balaban J connectivity index is 3.66. The smallest absolute Gasteiger partial charge is 0.305 e. The maximum absolute atomic E-state index is 14.5. The van der Waals surface area contributed by atoms with Gasteiger partial charge < -0.3 is 103 Å². The first-order valence-electron chi connectivity index (χ1n) is 30.1. The third-order valence-corrected chi connectivity index (χ3v) is 14.3. The van der Waals surface area contributed by atoms with E-state index in [4.69, 9.17) is 46.0 Å². The summed E-state index contributed by atoms with van der Waals surface area (Å²) < 4.78 is 0. The van der Waals surface area contributed by atoms with E-state index in [9.17, 15) is 72.5 Å². The lowest BCUT2D eigenvalue weighted by Crippen LogP contribution is -2.61. The van der Waals surface area contributed by atoms with E-state index >= 15 is 0 Å². The second-order valence-electron chi connectivity index (χ2n) is 22.0. The number of aliphatic imine (C=N–C) groups is 1. The van der Waals surface area contributed by atoms with Crippen molar-refractivity contribution in [2.45, 2.75) is 203 Å². The number of primary amides is 1. The third kappa shape index (κ3) is 31.2. The van der Waals surface area contributed by atoms with Gasteiger partial charge in [-0.3, -0.25) is 72.2 Å². The molecule has 506 valence electrons. The molecule has 0 aromatic heterocycles. The predicted octanol–water partition coefficient (Wildman–Crippen LogP) is -6.70. The van der Waals surface area contributed by atoms with Crippen LogP contribution in [0.15, 0.2) is 4.99 Å². The number of aliphatic carboxylic acids is 2. The monoisotopic (exact) mass is 1270 g/mol. The molecule has 27 N–H and O–H groups in total. The number of nitrogens with two attached hydrogens (primary N) is 8. The van der Waals surface area contributed by atoms with E-state index in [0.29, 0.717) is 51.4 Å². The fourth-order valence-corrected chi connectivity index (χ4v) is 9.40. The summed E-state index contributed by atoms with van der Waals surface area (Å²) in [5.41, 5.74) is 39.6. The number of hydrogen-bond donors (Lipinski definition) is 19. The lowest BCUT2D eigenvalue weighted by molar-refractivity contribution is -0.142. The third-order valence-electron chi connectivity index (χ3n) is 14.3. The Bertz CT molecular complexity index is 2360. The van der Waals surface area contributed by atoms with Gasteiger partial charge in [-0.25, -0.2) is 5.90 Å². The van der Waals surface area contributed by atoms with Gasteiger partial charge in [-0.05, 0) is 148 Å². The van der Waals surface area contributed by atoms with Crippen LogP contribution in [0.1, 0.15) is 143 Å². The van der Waals surface area contributed by atoms with Gasteiger partial charge in [0, 0.05) is 19.5 Å². The molecule has 10 atom stereocenters. The second kappa shape index (κ2) is 43.7. The first kappa shape index (κ1) is 79.2. The van der Waals surface area contributed by atoms with Gasteiger partial charge in [-0.1, -0.05) is 13.8 Å². The van der Waals surface area contributed by atoms with E-state index in [2.05, 4.69) is 57.7 Å². The van der Waals surface area contributed by atoms with E-state index in [1.165, 1.54) is 25.7 Å². The Morgan fingerprint density at radius 3 is 1.28 bits per heavy atom. The molecule has 1 heterocycles. The molecule has 0 unspecified atom stereocenters. The molecule has 35 nitrogen and oxygen atoms in total. The Morgan fingerprint density at radius 2 is 0.899 bits per heavy atom. The lowest BCUT2D eigenvalue weighted by atomic mass is 10.00. The minimum absolute atomic E-state index is 0.0159. The van der Waals surface area contributed by atoms with Crippen LogP contribution in [0, 0.1) is 5.92 Å². The number of likely N-dealkylation sites (tertiary alicyclic amines) is 1. The summed E-state index contributed by atoms with van der Waals surface area (Å²) in [5, 5.41) is 41.7. The van der Waals surface area contributed by atoms with Crippen molar-refractivity contribution < 1.29 is 77.4 Å². The number of guanidine groups is 1. The number of unbranched alkanes of at least 4 members (excludes halogenated alkanes) is 4. The molecule has 0 aromatic carbocycles. The summed E-state index contributed by atoms with van der Waals surface area (Å²) in [5.74, 6) is -8.36. The zero-order chi connectivity index (χ0) is 67.2. The molecule has 1 aliphatic rings.